The van der Waals surface area contributed by atoms with Crippen molar-refractivity contribution >= 4 is 5.97 Å². The lowest BCUT2D eigenvalue weighted by molar-refractivity contribution is -0.139. The number of nitriles is 1. The number of carboxylic acids is 1. The molecule has 0 saturated heterocycles. The highest BCUT2D eigenvalue weighted by Gasteiger charge is 2.10. The van der Waals surface area contributed by atoms with Crippen molar-refractivity contribution in [3.05, 3.63) is 53.6 Å². The second kappa shape index (κ2) is 7.25. The van der Waals surface area contributed by atoms with Crippen LogP contribution in [-0.2, 0) is 11.3 Å². The molecule has 22 heavy (non-hydrogen) atoms. The molecule has 0 unspecified atom stereocenters. The van der Waals surface area contributed by atoms with E-state index in [0.717, 1.165) is 16.7 Å². The first-order valence-corrected chi connectivity index (χ1v) is 6.76. The van der Waals surface area contributed by atoms with Crippen LogP contribution in [0.5, 0.6) is 5.75 Å². The molecule has 5 heteroatoms. The summed E-state index contributed by atoms with van der Waals surface area (Å²) >= 11 is 0. The number of hydrogen-bond acceptors (Lipinski definition) is 4. The zero-order valence-electron chi connectivity index (χ0n) is 12.2. The molecule has 0 amide bonds. The second-order valence-corrected chi connectivity index (χ2v) is 4.74. The minimum absolute atomic E-state index is 0.406. The summed E-state index contributed by atoms with van der Waals surface area (Å²) in [6, 6.07) is 14.8. The van der Waals surface area contributed by atoms with E-state index in [9.17, 15) is 4.79 Å². The highest BCUT2D eigenvalue weighted by molar-refractivity contribution is 5.74. The number of ether oxygens (including phenoxy) is 1. The van der Waals surface area contributed by atoms with Gasteiger partial charge in [0.2, 0.25) is 0 Å². The van der Waals surface area contributed by atoms with E-state index in [4.69, 9.17) is 15.1 Å². The Hall–Kier alpha value is -2.84. The molecule has 2 rings (SSSR count). The van der Waals surface area contributed by atoms with Crippen molar-refractivity contribution in [1.29, 1.82) is 5.26 Å². The van der Waals surface area contributed by atoms with E-state index in [-0.39, 0.29) is 0 Å². The van der Waals surface area contributed by atoms with E-state index in [1.807, 2.05) is 25.2 Å². The Labute approximate surface area is 128 Å². The second-order valence-electron chi connectivity index (χ2n) is 4.74. The van der Waals surface area contributed by atoms with Crippen LogP contribution in [-0.4, -0.2) is 24.7 Å². The smallest absolute Gasteiger partial charge is 0.341 e. The van der Waals surface area contributed by atoms with Gasteiger partial charge in [-0.2, -0.15) is 5.26 Å². The summed E-state index contributed by atoms with van der Waals surface area (Å²) in [6.07, 6.45) is 0. The fourth-order valence-electron chi connectivity index (χ4n) is 2.14. The largest absolute Gasteiger partial charge is 0.481 e. The predicted octanol–water partition coefficient (Wildman–Crippen LogP) is 2.41. The van der Waals surface area contributed by atoms with Gasteiger partial charge in [0.25, 0.3) is 0 Å². The average molecular weight is 296 g/mol. The number of nitrogens with one attached hydrogen (secondary N) is 1. The number of rotatable bonds is 6. The molecule has 0 spiro atoms. The van der Waals surface area contributed by atoms with Gasteiger partial charge in [-0.3, -0.25) is 0 Å². The predicted molar refractivity (Wildman–Crippen MR) is 82.5 cm³/mol. The van der Waals surface area contributed by atoms with Crippen LogP contribution >= 0.6 is 0 Å². The Morgan fingerprint density at radius 2 is 2.14 bits per heavy atom. The van der Waals surface area contributed by atoms with Crippen molar-refractivity contribution in [3.63, 3.8) is 0 Å². The number of carbonyl (C=O) groups is 1. The number of benzene rings is 2. The van der Waals surface area contributed by atoms with Gasteiger partial charge < -0.3 is 15.2 Å². The topological polar surface area (TPSA) is 82.3 Å². The Morgan fingerprint density at radius 1 is 1.32 bits per heavy atom. The molecular formula is C17H16N2O3. The van der Waals surface area contributed by atoms with Crippen molar-refractivity contribution in [1.82, 2.24) is 5.32 Å². The molecule has 0 saturated carbocycles. The van der Waals surface area contributed by atoms with Crippen molar-refractivity contribution in [2.75, 3.05) is 13.7 Å². The van der Waals surface area contributed by atoms with E-state index in [2.05, 4.69) is 11.4 Å². The third-order valence-corrected chi connectivity index (χ3v) is 3.08. The van der Waals surface area contributed by atoms with Crippen LogP contribution in [0.2, 0.25) is 0 Å². The molecule has 0 aliphatic heterocycles. The van der Waals surface area contributed by atoms with Gasteiger partial charge in [-0.25, -0.2) is 4.79 Å². The number of aliphatic carboxylic acids is 1. The molecule has 0 radical (unpaired) electrons. The van der Waals surface area contributed by atoms with Crippen LogP contribution in [0.3, 0.4) is 0 Å². The van der Waals surface area contributed by atoms with Crippen molar-refractivity contribution in [2.45, 2.75) is 6.54 Å². The summed E-state index contributed by atoms with van der Waals surface area (Å²) < 4.78 is 5.36. The number of carboxylic acid groups (broad SMARTS) is 1. The normalized spacial score (nSPS) is 10.0. The molecule has 0 atom stereocenters. The van der Waals surface area contributed by atoms with Crippen LogP contribution in [0, 0.1) is 11.3 Å². The van der Waals surface area contributed by atoms with Crippen LogP contribution in [0.4, 0.5) is 0 Å². The molecule has 112 valence electrons. The van der Waals surface area contributed by atoms with Crippen molar-refractivity contribution < 1.29 is 14.6 Å². The molecule has 0 aliphatic carbocycles. The Bertz CT molecular complexity index is 720. The standard InChI is InChI=1S/C17H16N2O3/c1-19-10-13-5-6-16(22-11-17(20)21)15(8-13)14-4-2-3-12(7-14)9-18/h2-8,19H,10-11H2,1H3,(H,20,21). The SMILES string of the molecule is CNCc1ccc(OCC(=O)O)c(-c2cccc(C#N)c2)c1. The Kier molecular flexibility index (Phi) is 5.12. The van der Waals surface area contributed by atoms with E-state index in [1.165, 1.54) is 0 Å². The van der Waals surface area contributed by atoms with Gasteiger partial charge >= 0.3 is 5.97 Å². The fourth-order valence-corrected chi connectivity index (χ4v) is 2.14. The van der Waals surface area contributed by atoms with E-state index in [1.54, 1.807) is 24.3 Å². The van der Waals surface area contributed by atoms with E-state index >= 15 is 0 Å². The quantitative estimate of drug-likeness (QED) is 0.855. The maximum absolute atomic E-state index is 10.7. The molecule has 0 fully saturated rings. The van der Waals surface area contributed by atoms with Gasteiger partial charge in [-0.15, -0.1) is 0 Å². The van der Waals surface area contributed by atoms with Crippen LogP contribution in [0.15, 0.2) is 42.5 Å². The van der Waals surface area contributed by atoms with Crippen LogP contribution in [0.25, 0.3) is 11.1 Å². The zero-order valence-corrected chi connectivity index (χ0v) is 12.2. The monoisotopic (exact) mass is 296 g/mol. The molecule has 5 nitrogen and oxygen atoms in total. The van der Waals surface area contributed by atoms with Crippen molar-refractivity contribution in [3.8, 4) is 22.9 Å². The molecule has 2 aromatic carbocycles. The molecule has 0 aliphatic rings. The van der Waals surface area contributed by atoms with E-state index < -0.39 is 12.6 Å². The van der Waals surface area contributed by atoms with E-state index in [0.29, 0.717) is 17.9 Å². The lowest BCUT2D eigenvalue weighted by atomic mass is 10.00. The molecule has 2 aromatic rings. The summed E-state index contributed by atoms with van der Waals surface area (Å²) in [7, 11) is 1.85. The summed E-state index contributed by atoms with van der Waals surface area (Å²) in [5.41, 5.74) is 3.17. The zero-order chi connectivity index (χ0) is 15.9. The van der Waals surface area contributed by atoms with Gasteiger partial charge in [-0.05, 0) is 42.4 Å². The van der Waals surface area contributed by atoms with Crippen molar-refractivity contribution in [2.24, 2.45) is 0 Å². The number of hydrogen-bond donors (Lipinski definition) is 2. The minimum atomic E-state index is -1.03. The third-order valence-electron chi connectivity index (χ3n) is 3.08. The molecule has 0 aromatic heterocycles. The summed E-state index contributed by atoms with van der Waals surface area (Å²) in [4.78, 5) is 10.7. The van der Waals surface area contributed by atoms with Crippen LogP contribution in [0.1, 0.15) is 11.1 Å². The summed E-state index contributed by atoms with van der Waals surface area (Å²) in [5, 5.41) is 20.9. The highest BCUT2D eigenvalue weighted by Crippen LogP contribution is 2.31. The number of nitrogens with zero attached hydrogens (tertiary/aromatic N) is 1. The highest BCUT2D eigenvalue weighted by atomic mass is 16.5. The van der Waals surface area contributed by atoms with Gasteiger partial charge in [0, 0.05) is 12.1 Å². The lowest BCUT2D eigenvalue weighted by Gasteiger charge is -2.13. The van der Waals surface area contributed by atoms with Gasteiger partial charge in [0.1, 0.15) is 5.75 Å². The average Bonchev–Trinajstić information content (AvgIpc) is 2.53. The van der Waals surface area contributed by atoms with Gasteiger partial charge in [-0.1, -0.05) is 18.2 Å². The first-order valence-electron chi connectivity index (χ1n) is 6.76. The molecule has 0 bridgehead atoms. The summed E-state index contributed by atoms with van der Waals surface area (Å²) in [6.45, 7) is 0.278. The Balaban J connectivity index is 2.46. The first-order chi connectivity index (χ1) is 10.6. The maximum Gasteiger partial charge on any atom is 0.341 e. The van der Waals surface area contributed by atoms with Crippen LogP contribution < -0.4 is 10.1 Å². The molecule has 2 N–H and O–H groups in total. The Morgan fingerprint density at radius 3 is 2.82 bits per heavy atom. The fraction of sp³-hybridized carbons (Fsp3) is 0.176. The molecule has 0 heterocycles. The lowest BCUT2D eigenvalue weighted by Crippen LogP contribution is -2.10. The minimum Gasteiger partial charge on any atom is -0.481 e. The van der Waals surface area contributed by atoms with Gasteiger partial charge in [0.05, 0.1) is 11.6 Å². The third kappa shape index (κ3) is 3.84. The maximum atomic E-state index is 10.7. The summed E-state index contributed by atoms with van der Waals surface area (Å²) in [5.74, 6) is -0.548. The molecular weight excluding hydrogens is 280 g/mol. The first kappa shape index (κ1) is 15.5. The van der Waals surface area contributed by atoms with Gasteiger partial charge in [0.15, 0.2) is 6.61 Å².